The molecule has 0 aromatic heterocycles. The summed E-state index contributed by atoms with van der Waals surface area (Å²) in [6, 6.07) is 0. The first-order chi connectivity index (χ1) is 5.68. The van der Waals surface area contributed by atoms with Gasteiger partial charge in [0.1, 0.15) is 0 Å². The molecule has 0 unspecified atom stereocenters. The molecule has 1 fully saturated rings. The van der Waals surface area contributed by atoms with Gasteiger partial charge in [0.05, 0.1) is 11.6 Å². The topological polar surface area (TPSA) is 35.2 Å². The molecule has 0 aromatic rings. The molecular formula is C9H17NOS. The zero-order valence-corrected chi connectivity index (χ0v) is 8.45. The van der Waals surface area contributed by atoms with Crippen LogP contribution in [0.1, 0.15) is 32.6 Å². The Balaban J connectivity index is 2.16. The van der Waals surface area contributed by atoms with Gasteiger partial charge in [-0.25, -0.2) is 0 Å². The Kier molecular flexibility index (Phi) is 3.47. The first-order valence-electron chi connectivity index (χ1n) is 4.55. The molecule has 0 aliphatic heterocycles. The predicted octanol–water partition coefficient (Wildman–Crippen LogP) is 1.87. The standard InChI is InChI=1S/C9H17NOS/c1-2-5-11-7-9(3-4-9)6-8(10)12/h2-7H2,1H3,(H2,10,12). The van der Waals surface area contributed by atoms with E-state index in [4.69, 9.17) is 22.7 Å². The number of hydrogen-bond donors (Lipinski definition) is 1. The van der Waals surface area contributed by atoms with Gasteiger partial charge >= 0.3 is 0 Å². The molecule has 0 spiro atoms. The Morgan fingerprint density at radius 3 is 2.67 bits per heavy atom. The second kappa shape index (κ2) is 4.19. The highest BCUT2D eigenvalue weighted by atomic mass is 32.1. The van der Waals surface area contributed by atoms with Crippen molar-refractivity contribution in [3.8, 4) is 0 Å². The SMILES string of the molecule is CCCOCC1(CC(N)=S)CC1. The minimum absolute atomic E-state index is 0.334. The summed E-state index contributed by atoms with van der Waals surface area (Å²) in [6.07, 6.45) is 4.41. The van der Waals surface area contributed by atoms with Crippen molar-refractivity contribution < 1.29 is 4.74 Å². The summed E-state index contributed by atoms with van der Waals surface area (Å²) in [6.45, 7) is 3.82. The largest absolute Gasteiger partial charge is 0.393 e. The molecule has 0 heterocycles. The van der Waals surface area contributed by atoms with E-state index in [1.165, 1.54) is 12.8 Å². The second-order valence-corrected chi connectivity index (χ2v) is 4.22. The van der Waals surface area contributed by atoms with Gasteiger partial charge in [-0.2, -0.15) is 0 Å². The maximum atomic E-state index is 5.50. The van der Waals surface area contributed by atoms with Crippen LogP contribution in [0.15, 0.2) is 0 Å². The van der Waals surface area contributed by atoms with Crippen molar-refractivity contribution in [2.24, 2.45) is 11.1 Å². The Labute approximate surface area is 79.5 Å². The van der Waals surface area contributed by atoms with Gasteiger partial charge in [0.2, 0.25) is 0 Å². The van der Waals surface area contributed by atoms with E-state index in [1.807, 2.05) is 0 Å². The zero-order valence-electron chi connectivity index (χ0n) is 7.64. The first-order valence-corrected chi connectivity index (χ1v) is 4.95. The molecule has 2 nitrogen and oxygen atoms in total. The lowest BCUT2D eigenvalue weighted by molar-refractivity contribution is 0.0932. The van der Waals surface area contributed by atoms with Crippen molar-refractivity contribution in [2.75, 3.05) is 13.2 Å². The molecule has 0 radical (unpaired) electrons. The van der Waals surface area contributed by atoms with E-state index >= 15 is 0 Å². The number of nitrogens with two attached hydrogens (primary N) is 1. The Bertz CT molecular complexity index is 166. The molecule has 0 saturated heterocycles. The summed E-state index contributed by atoms with van der Waals surface area (Å²) >= 11 is 4.88. The first kappa shape index (κ1) is 9.93. The number of thiocarbonyl (C=S) groups is 1. The van der Waals surface area contributed by atoms with E-state index in [1.54, 1.807) is 0 Å². The molecule has 12 heavy (non-hydrogen) atoms. The van der Waals surface area contributed by atoms with Crippen molar-refractivity contribution in [3.63, 3.8) is 0 Å². The number of rotatable bonds is 6. The summed E-state index contributed by atoms with van der Waals surface area (Å²) < 4.78 is 5.50. The quantitative estimate of drug-likeness (QED) is 0.509. The Morgan fingerprint density at radius 1 is 1.58 bits per heavy atom. The molecule has 1 rings (SSSR count). The van der Waals surface area contributed by atoms with Gasteiger partial charge in [0.25, 0.3) is 0 Å². The second-order valence-electron chi connectivity index (χ2n) is 3.70. The van der Waals surface area contributed by atoms with Crippen LogP contribution in [0, 0.1) is 5.41 Å². The molecule has 1 aliphatic rings. The van der Waals surface area contributed by atoms with E-state index in [9.17, 15) is 0 Å². The fourth-order valence-electron chi connectivity index (χ4n) is 1.35. The van der Waals surface area contributed by atoms with Crippen molar-refractivity contribution in [3.05, 3.63) is 0 Å². The van der Waals surface area contributed by atoms with E-state index in [-0.39, 0.29) is 0 Å². The van der Waals surface area contributed by atoms with Gasteiger partial charge in [0.15, 0.2) is 0 Å². The molecule has 1 aliphatic carbocycles. The average Bonchev–Trinajstić information content (AvgIpc) is 2.69. The molecule has 1 saturated carbocycles. The zero-order chi connectivity index (χ0) is 9.03. The van der Waals surface area contributed by atoms with E-state index in [0.717, 1.165) is 26.1 Å². The summed E-state index contributed by atoms with van der Waals surface area (Å²) in [4.78, 5) is 0.632. The molecule has 3 heteroatoms. The number of ether oxygens (including phenoxy) is 1. The number of hydrogen-bond acceptors (Lipinski definition) is 2. The van der Waals surface area contributed by atoms with Gasteiger partial charge in [0, 0.05) is 18.4 Å². The normalized spacial score (nSPS) is 19.1. The monoisotopic (exact) mass is 187 g/mol. The van der Waals surface area contributed by atoms with Gasteiger partial charge < -0.3 is 10.5 Å². The smallest absolute Gasteiger partial charge is 0.0733 e. The highest BCUT2D eigenvalue weighted by molar-refractivity contribution is 7.80. The minimum Gasteiger partial charge on any atom is -0.393 e. The molecule has 0 amide bonds. The summed E-state index contributed by atoms with van der Waals surface area (Å²) in [5.74, 6) is 0. The van der Waals surface area contributed by atoms with Gasteiger partial charge in [-0.3, -0.25) is 0 Å². The van der Waals surface area contributed by atoms with Crippen LogP contribution < -0.4 is 5.73 Å². The lowest BCUT2D eigenvalue weighted by Gasteiger charge is -2.13. The molecular weight excluding hydrogens is 170 g/mol. The molecule has 2 N–H and O–H groups in total. The van der Waals surface area contributed by atoms with Gasteiger partial charge in [-0.1, -0.05) is 19.1 Å². The molecule has 70 valence electrons. The predicted molar refractivity (Wildman–Crippen MR) is 54.2 cm³/mol. The lowest BCUT2D eigenvalue weighted by Crippen LogP contribution is -2.19. The van der Waals surface area contributed by atoms with Crippen LogP contribution in [0.5, 0.6) is 0 Å². The van der Waals surface area contributed by atoms with E-state index < -0.39 is 0 Å². The van der Waals surface area contributed by atoms with E-state index in [0.29, 0.717) is 10.4 Å². The minimum atomic E-state index is 0.334. The fourth-order valence-corrected chi connectivity index (χ4v) is 1.66. The van der Waals surface area contributed by atoms with Crippen molar-refractivity contribution in [1.29, 1.82) is 0 Å². The van der Waals surface area contributed by atoms with Crippen LogP contribution in [0.2, 0.25) is 0 Å². The fraction of sp³-hybridized carbons (Fsp3) is 0.889. The van der Waals surface area contributed by atoms with Crippen LogP contribution in [-0.2, 0) is 4.74 Å². The highest BCUT2D eigenvalue weighted by Crippen LogP contribution is 2.48. The average molecular weight is 187 g/mol. The van der Waals surface area contributed by atoms with Crippen LogP contribution >= 0.6 is 12.2 Å². The maximum Gasteiger partial charge on any atom is 0.0733 e. The lowest BCUT2D eigenvalue weighted by atomic mass is 10.0. The van der Waals surface area contributed by atoms with Crippen LogP contribution in [0.4, 0.5) is 0 Å². The third kappa shape index (κ3) is 3.07. The summed E-state index contributed by atoms with van der Waals surface area (Å²) in [5.41, 5.74) is 5.83. The Hall–Kier alpha value is -0.150. The summed E-state index contributed by atoms with van der Waals surface area (Å²) in [7, 11) is 0. The molecule has 0 atom stereocenters. The third-order valence-electron chi connectivity index (χ3n) is 2.26. The van der Waals surface area contributed by atoms with Crippen LogP contribution in [0.3, 0.4) is 0 Å². The van der Waals surface area contributed by atoms with E-state index in [2.05, 4.69) is 6.92 Å². The van der Waals surface area contributed by atoms with Crippen molar-refractivity contribution in [2.45, 2.75) is 32.6 Å². The van der Waals surface area contributed by atoms with Gasteiger partial charge in [-0.15, -0.1) is 0 Å². The Morgan fingerprint density at radius 2 is 2.25 bits per heavy atom. The van der Waals surface area contributed by atoms with Crippen LogP contribution in [0.25, 0.3) is 0 Å². The maximum absolute atomic E-state index is 5.50. The molecule has 0 aromatic carbocycles. The third-order valence-corrected chi connectivity index (χ3v) is 2.41. The van der Waals surface area contributed by atoms with Gasteiger partial charge in [-0.05, 0) is 19.3 Å². The molecule has 0 bridgehead atoms. The highest BCUT2D eigenvalue weighted by Gasteiger charge is 2.43. The van der Waals surface area contributed by atoms with Crippen LogP contribution in [-0.4, -0.2) is 18.2 Å². The van der Waals surface area contributed by atoms with Crippen molar-refractivity contribution >= 4 is 17.2 Å². The van der Waals surface area contributed by atoms with Crippen molar-refractivity contribution in [1.82, 2.24) is 0 Å². The summed E-state index contributed by atoms with van der Waals surface area (Å²) in [5, 5.41) is 0.